The van der Waals surface area contributed by atoms with Gasteiger partial charge in [-0.2, -0.15) is 0 Å². The molecule has 0 aliphatic carbocycles. The van der Waals surface area contributed by atoms with Crippen LogP contribution in [0.2, 0.25) is 0 Å². The molecule has 0 saturated heterocycles. The molecule has 2 aromatic rings. The van der Waals surface area contributed by atoms with Crippen molar-refractivity contribution in [2.75, 3.05) is 36.8 Å². The number of ether oxygens (including phenoxy) is 4. The molecule has 0 unspecified atom stereocenters. The lowest BCUT2D eigenvalue weighted by atomic mass is 10.2. The normalized spacial score (nSPS) is 13.8. The summed E-state index contributed by atoms with van der Waals surface area (Å²) in [7, 11) is 0. The Labute approximate surface area is 155 Å². The molecule has 140 valence electrons. The molecular formula is C19H18N2O6. The zero-order valence-electron chi connectivity index (χ0n) is 14.7. The first-order valence-corrected chi connectivity index (χ1v) is 8.47. The van der Waals surface area contributed by atoms with Crippen LogP contribution >= 0.6 is 0 Å². The molecular weight excluding hydrogens is 352 g/mol. The molecule has 0 spiro atoms. The Balaban J connectivity index is 1.47. The molecule has 0 radical (unpaired) electrons. The number of fused-ring (bicyclic) bond motifs is 2. The van der Waals surface area contributed by atoms with Crippen LogP contribution in [-0.4, -0.2) is 38.4 Å². The van der Waals surface area contributed by atoms with Gasteiger partial charge in [0.05, 0.1) is 0 Å². The van der Waals surface area contributed by atoms with Gasteiger partial charge in [0.2, 0.25) is 18.6 Å². The van der Waals surface area contributed by atoms with E-state index >= 15 is 0 Å². The summed E-state index contributed by atoms with van der Waals surface area (Å²) in [6, 6.07) is 10.3. The van der Waals surface area contributed by atoms with Gasteiger partial charge in [0.1, 0.15) is 19.8 Å². The van der Waals surface area contributed by atoms with Crippen LogP contribution in [0.1, 0.15) is 6.92 Å². The average molecular weight is 370 g/mol. The van der Waals surface area contributed by atoms with Crippen LogP contribution in [0.25, 0.3) is 0 Å². The van der Waals surface area contributed by atoms with Crippen molar-refractivity contribution in [3.05, 3.63) is 36.4 Å². The molecule has 27 heavy (non-hydrogen) atoms. The largest absolute Gasteiger partial charge is 0.486 e. The van der Waals surface area contributed by atoms with E-state index < -0.39 is 0 Å². The monoisotopic (exact) mass is 370 g/mol. The Morgan fingerprint density at radius 3 is 2.41 bits per heavy atom. The van der Waals surface area contributed by atoms with Crippen molar-refractivity contribution >= 4 is 23.2 Å². The molecule has 2 heterocycles. The van der Waals surface area contributed by atoms with Crippen LogP contribution in [0.4, 0.5) is 11.4 Å². The van der Waals surface area contributed by atoms with Crippen molar-refractivity contribution in [3.8, 4) is 23.0 Å². The van der Waals surface area contributed by atoms with Crippen molar-refractivity contribution in [1.29, 1.82) is 0 Å². The van der Waals surface area contributed by atoms with E-state index in [4.69, 9.17) is 18.9 Å². The number of amides is 2. The minimum absolute atomic E-state index is 0.135. The minimum Gasteiger partial charge on any atom is -0.486 e. The Bertz CT molecular complexity index is 898. The number of hydrogen-bond acceptors (Lipinski definition) is 6. The molecule has 0 fully saturated rings. The fourth-order valence-electron chi connectivity index (χ4n) is 2.90. The predicted octanol–water partition coefficient (Wildman–Crippen LogP) is 2.18. The fourth-order valence-corrected chi connectivity index (χ4v) is 2.90. The van der Waals surface area contributed by atoms with E-state index in [2.05, 4.69) is 5.32 Å². The third kappa shape index (κ3) is 3.59. The lowest BCUT2D eigenvalue weighted by molar-refractivity contribution is -0.120. The Morgan fingerprint density at radius 1 is 0.926 bits per heavy atom. The lowest BCUT2D eigenvalue weighted by Gasteiger charge is -2.22. The maximum absolute atomic E-state index is 12.5. The average Bonchev–Trinajstić information content (AvgIpc) is 3.13. The number of hydrogen-bond donors (Lipinski definition) is 1. The minimum atomic E-state index is -0.334. The van der Waals surface area contributed by atoms with Gasteiger partial charge in [0.15, 0.2) is 23.0 Å². The highest BCUT2D eigenvalue weighted by molar-refractivity contribution is 6.02. The molecule has 0 atom stereocenters. The zero-order valence-corrected chi connectivity index (χ0v) is 14.7. The second-order valence-electron chi connectivity index (χ2n) is 6.05. The van der Waals surface area contributed by atoms with Crippen LogP contribution in [-0.2, 0) is 9.59 Å². The summed E-state index contributed by atoms with van der Waals surface area (Å²) in [4.78, 5) is 25.9. The quantitative estimate of drug-likeness (QED) is 0.888. The molecule has 0 saturated carbocycles. The van der Waals surface area contributed by atoms with Gasteiger partial charge in [-0.05, 0) is 24.3 Å². The van der Waals surface area contributed by atoms with Crippen molar-refractivity contribution in [2.24, 2.45) is 0 Å². The topological polar surface area (TPSA) is 86.3 Å². The van der Waals surface area contributed by atoms with E-state index in [0.29, 0.717) is 47.6 Å². The standard InChI is InChI=1S/C19H18N2O6/c1-12(22)21(14-3-5-16-18(9-14)27-11-26-16)10-19(23)20-13-2-4-15-17(8-13)25-7-6-24-15/h2-5,8-9H,6-7,10-11H2,1H3,(H,20,23). The molecule has 1 N–H and O–H groups in total. The van der Waals surface area contributed by atoms with Gasteiger partial charge in [-0.25, -0.2) is 0 Å². The van der Waals surface area contributed by atoms with E-state index in [9.17, 15) is 9.59 Å². The number of rotatable bonds is 4. The third-order valence-electron chi connectivity index (χ3n) is 4.18. The molecule has 8 nitrogen and oxygen atoms in total. The first-order chi connectivity index (χ1) is 13.1. The summed E-state index contributed by atoms with van der Waals surface area (Å²) in [5.41, 5.74) is 1.13. The maximum Gasteiger partial charge on any atom is 0.244 e. The maximum atomic E-state index is 12.5. The highest BCUT2D eigenvalue weighted by atomic mass is 16.7. The molecule has 2 amide bonds. The van der Waals surface area contributed by atoms with Crippen LogP contribution in [0.5, 0.6) is 23.0 Å². The van der Waals surface area contributed by atoms with Gasteiger partial charge in [-0.1, -0.05) is 0 Å². The van der Waals surface area contributed by atoms with E-state index in [1.54, 1.807) is 36.4 Å². The number of carbonyl (C=O) groups is 2. The van der Waals surface area contributed by atoms with Gasteiger partial charge in [-0.15, -0.1) is 0 Å². The van der Waals surface area contributed by atoms with E-state index in [1.807, 2.05) is 0 Å². The Hall–Kier alpha value is -3.42. The third-order valence-corrected chi connectivity index (χ3v) is 4.18. The molecule has 2 aliphatic rings. The number of benzene rings is 2. The smallest absolute Gasteiger partial charge is 0.244 e. The molecule has 2 aliphatic heterocycles. The summed E-state index contributed by atoms with van der Waals surface area (Å²) < 4.78 is 21.6. The second-order valence-corrected chi connectivity index (χ2v) is 6.05. The van der Waals surface area contributed by atoms with Gasteiger partial charge < -0.3 is 29.2 Å². The molecule has 0 bridgehead atoms. The van der Waals surface area contributed by atoms with Crippen LogP contribution < -0.4 is 29.2 Å². The SMILES string of the molecule is CC(=O)N(CC(=O)Nc1ccc2c(c1)OCCO2)c1ccc2c(c1)OCO2. The fraction of sp³-hybridized carbons (Fsp3) is 0.263. The van der Waals surface area contributed by atoms with E-state index in [1.165, 1.54) is 11.8 Å². The second kappa shape index (κ2) is 7.06. The van der Waals surface area contributed by atoms with Crippen LogP contribution in [0.3, 0.4) is 0 Å². The number of nitrogens with one attached hydrogen (secondary N) is 1. The van der Waals surface area contributed by atoms with Crippen LogP contribution in [0.15, 0.2) is 36.4 Å². The van der Waals surface area contributed by atoms with Crippen LogP contribution in [0, 0.1) is 0 Å². The van der Waals surface area contributed by atoms with Gasteiger partial charge in [-0.3, -0.25) is 9.59 Å². The highest BCUT2D eigenvalue weighted by Gasteiger charge is 2.21. The lowest BCUT2D eigenvalue weighted by Crippen LogP contribution is -2.36. The van der Waals surface area contributed by atoms with E-state index in [0.717, 1.165) is 0 Å². The first-order valence-electron chi connectivity index (χ1n) is 8.47. The summed E-state index contributed by atoms with van der Waals surface area (Å²) in [5.74, 6) is 1.79. The van der Waals surface area contributed by atoms with Crippen molar-refractivity contribution in [1.82, 2.24) is 0 Å². The molecule has 8 heteroatoms. The van der Waals surface area contributed by atoms with E-state index in [-0.39, 0.29) is 25.2 Å². The van der Waals surface area contributed by atoms with Crippen molar-refractivity contribution in [3.63, 3.8) is 0 Å². The number of anilines is 2. The Morgan fingerprint density at radius 2 is 1.59 bits per heavy atom. The summed E-state index contributed by atoms with van der Waals surface area (Å²) >= 11 is 0. The number of nitrogens with zero attached hydrogens (tertiary/aromatic N) is 1. The first kappa shape index (κ1) is 17.0. The summed E-state index contributed by atoms with van der Waals surface area (Å²) in [6.45, 7) is 2.38. The van der Waals surface area contributed by atoms with Crippen molar-refractivity contribution < 1.29 is 28.5 Å². The van der Waals surface area contributed by atoms with Crippen molar-refractivity contribution in [2.45, 2.75) is 6.92 Å². The zero-order chi connectivity index (χ0) is 18.8. The summed E-state index contributed by atoms with van der Waals surface area (Å²) in [6.07, 6.45) is 0. The predicted molar refractivity (Wildman–Crippen MR) is 96.7 cm³/mol. The summed E-state index contributed by atoms with van der Waals surface area (Å²) in [5, 5.41) is 2.78. The van der Waals surface area contributed by atoms with Gasteiger partial charge in [0.25, 0.3) is 0 Å². The molecule has 0 aromatic heterocycles. The molecule has 2 aromatic carbocycles. The van der Waals surface area contributed by atoms with Gasteiger partial charge >= 0.3 is 0 Å². The molecule has 4 rings (SSSR count). The number of carbonyl (C=O) groups excluding carboxylic acids is 2. The highest BCUT2D eigenvalue weighted by Crippen LogP contribution is 2.36. The Kier molecular flexibility index (Phi) is 4.45. The van der Waals surface area contributed by atoms with Gasteiger partial charge in [0, 0.05) is 30.4 Å².